The Bertz CT molecular complexity index is 1060. The second-order valence-corrected chi connectivity index (χ2v) is 7.91. The van der Waals surface area contributed by atoms with Crippen LogP contribution in [0.15, 0.2) is 53.6 Å². The van der Waals surface area contributed by atoms with Crippen LogP contribution in [0.1, 0.15) is 11.1 Å². The average Bonchev–Trinajstić information content (AvgIpc) is 2.57. The smallest absolute Gasteiger partial charge is 0.263 e. The number of aryl methyl sites for hydroxylation is 2. The van der Waals surface area contributed by atoms with Crippen molar-refractivity contribution in [2.45, 2.75) is 18.7 Å². The number of hydrogen-bond acceptors (Lipinski definition) is 5. The third kappa shape index (κ3) is 3.63. The number of halogens is 1. The largest absolute Gasteiger partial charge is 0.384 e. The summed E-state index contributed by atoms with van der Waals surface area (Å²) in [6, 6.07) is 11.6. The molecule has 0 amide bonds. The quantitative estimate of drug-likeness (QED) is 0.708. The highest BCUT2D eigenvalue weighted by Gasteiger charge is 2.18. The molecule has 0 aliphatic rings. The van der Waals surface area contributed by atoms with Crippen LogP contribution in [0.5, 0.6) is 0 Å². The van der Waals surface area contributed by atoms with Crippen LogP contribution in [-0.4, -0.2) is 18.4 Å². The number of rotatable bonds is 4. The Kier molecular flexibility index (Phi) is 4.84. The molecule has 2 aromatic heterocycles. The molecule has 6 nitrogen and oxygen atoms in total. The molecule has 0 saturated carbocycles. The lowest BCUT2D eigenvalue weighted by molar-refractivity contribution is 0.601. The topological polar surface area (TPSA) is 98.0 Å². The normalized spacial score (nSPS) is 11.3. The summed E-state index contributed by atoms with van der Waals surface area (Å²) in [5, 5.41) is 0.443. The van der Waals surface area contributed by atoms with Gasteiger partial charge in [0, 0.05) is 17.8 Å². The number of nitrogen functional groups attached to an aromatic ring is 1. The van der Waals surface area contributed by atoms with Crippen LogP contribution in [0.3, 0.4) is 0 Å². The number of hydrogen-bond donors (Lipinski definition) is 2. The SMILES string of the molecule is Cc1cccc(C)c1-c1nc(NS(=O)(=O)c2ccnc(N)c2)ccc1Cl. The van der Waals surface area contributed by atoms with Gasteiger partial charge in [-0.1, -0.05) is 29.8 Å². The van der Waals surface area contributed by atoms with E-state index in [1.165, 1.54) is 24.4 Å². The van der Waals surface area contributed by atoms with Gasteiger partial charge in [-0.25, -0.2) is 18.4 Å². The van der Waals surface area contributed by atoms with Gasteiger partial charge in [0.15, 0.2) is 0 Å². The lowest BCUT2D eigenvalue weighted by Gasteiger charge is -2.13. The summed E-state index contributed by atoms with van der Waals surface area (Å²) in [5.41, 5.74) is 8.97. The van der Waals surface area contributed by atoms with Crippen LogP contribution in [0.2, 0.25) is 5.02 Å². The van der Waals surface area contributed by atoms with Crippen molar-refractivity contribution < 1.29 is 8.42 Å². The van der Waals surface area contributed by atoms with Crippen molar-refractivity contribution in [3.05, 3.63) is 64.8 Å². The van der Waals surface area contributed by atoms with Crippen molar-refractivity contribution in [1.82, 2.24) is 9.97 Å². The lowest BCUT2D eigenvalue weighted by Crippen LogP contribution is -2.14. The van der Waals surface area contributed by atoms with E-state index < -0.39 is 10.0 Å². The molecular formula is C18H17ClN4O2S. The van der Waals surface area contributed by atoms with Gasteiger partial charge in [-0.2, -0.15) is 0 Å². The molecule has 0 aliphatic heterocycles. The molecule has 0 radical (unpaired) electrons. The molecule has 3 N–H and O–H groups in total. The molecule has 26 heavy (non-hydrogen) atoms. The minimum atomic E-state index is -3.84. The lowest BCUT2D eigenvalue weighted by atomic mass is 9.99. The van der Waals surface area contributed by atoms with Gasteiger partial charge in [0.25, 0.3) is 10.0 Å². The van der Waals surface area contributed by atoms with Crippen LogP contribution in [0.25, 0.3) is 11.3 Å². The summed E-state index contributed by atoms with van der Waals surface area (Å²) in [4.78, 5) is 8.24. The Morgan fingerprint density at radius 2 is 1.77 bits per heavy atom. The molecular weight excluding hydrogens is 372 g/mol. The summed E-state index contributed by atoms with van der Waals surface area (Å²) < 4.78 is 27.6. The summed E-state index contributed by atoms with van der Waals surface area (Å²) in [7, 11) is -3.84. The molecule has 0 spiro atoms. The third-order valence-corrected chi connectivity index (χ3v) is 5.52. The number of nitrogens with zero attached hydrogens (tertiary/aromatic N) is 2. The Hall–Kier alpha value is -2.64. The molecule has 1 aromatic carbocycles. The highest BCUT2D eigenvalue weighted by Crippen LogP contribution is 2.32. The zero-order valence-electron chi connectivity index (χ0n) is 14.2. The molecule has 2 heterocycles. The molecule has 0 aliphatic carbocycles. The molecule has 8 heteroatoms. The molecule has 0 atom stereocenters. The highest BCUT2D eigenvalue weighted by molar-refractivity contribution is 7.92. The van der Waals surface area contributed by atoms with Crippen molar-refractivity contribution in [2.75, 3.05) is 10.5 Å². The number of sulfonamides is 1. The number of aromatic nitrogens is 2. The Morgan fingerprint density at radius 1 is 1.08 bits per heavy atom. The average molecular weight is 389 g/mol. The van der Waals surface area contributed by atoms with Crippen LogP contribution < -0.4 is 10.5 Å². The van der Waals surface area contributed by atoms with Crippen molar-refractivity contribution in [2.24, 2.45) is 0 Å². The minimum Gasteiger partial charge on any atom is -0.384 e. The van der Waals surface area contributed by atoms with E-state index in [1.807, 2.05) is 32.0 Å². The summed E-state index contributed by atoms with van der Waals surface area (Å²) in [5.74, 6) is 0.288. The molecule has 0 unspecified atom stereocenters. The van der Waals surface area contributed by atoms with Gasteiger partial charge < -0.3 is 5.73 Å². The van der Waals surface area contributed by atoms with E-state index in [0.717, 1.165) is 16.7 Å². The molecule has 0 saturated heterocycles. The van der Waals surface area contributed by atoms with Crippen molar-refractivity contribution >= 4 is 33.3 Å². The van der Waals surface area contributed by atoms with E-state index in [0.29, 0.717) is 10.7 Å². The Labute approximate surface area is 157 Å². The number of benzene rings is 1. The van der Waals surface area contributed by atoms with Gasteiger partial charge in [0.05, 0.1) is 15.6 Å². The molecule has 0 fully saturated rings. The minimum absolute atomic E-state index is 0.00960. The van der Waals surface area contributed by atoms with E-state index >= 15 is 0 Å². The van der Waals surface area contributed by atoms with E-state index in [-0.39, 0.29) is 16.5 Å². The maximum absolute atomic E-state index is 12.6. The molecule has 134 valence electrons. The van der Waals surface area contributed by atoms with Gasteiger partial charge in [0.1, 0.15) is 11.6 Å². The van der Waals surface area contributed by atoms with Gasteiger partial charge in [-0.05, 0) is 43.2 Å². The van der Waals surface area contributed by atoms with E-state index in [4.69, 9.17) is 17.3 Å². The molecule has 0 bridgehead atoms. The third-order valence-electron chi connectivity index (χ3n) is 3.87. The zero-order valence-corrected chi connectivity index (χ0v) is 15.8. The maximum atomic E-state index is 12.6. The summed E-state index contributed by atoms with van der Waals surface area (Å²) in [6.07, 6.45) is 1.33. The van der Waals surface area contributed by atoms with Crippen LogP contribution in [-0.2, 0) is 10.0 Å². The maximum Gasteiger partial charge on any atom is 0.263 e. The predicted molar refractivity (Wildman–Crippen MR) is 104 cm³/mol. The fourth-order valence-electron chi connectivity index (χ4n) is 2.65. The summed E-state index contributed by atoms with van der Waals surface area (Å²) >= 11 is 6.32. The first-order chi connectivity index (χ1) is 12.3. The molecule has 3 aromatic rings. The Balaban J connectivity index is 2.03. The summed E-state index contributed by atoms with van der Waals surface area (Å²) in [6.45, 7) is 3.91. The second kappa shape index (κ2) is 6.93. The Morgan fingerprint density at radius 3 is 2.42 bits per heavy atom. The van der Waals surface area contributed by atoms with Gasteiger partial charge in [-0.3, -0.25) is 4.72 Å². The van der Waals surface area contributed by atoms with Crippen LogP contribution in [0.4, 0.5) is 11.6 Å². The number of pyridine rings is 2. The first-order valence-electron chi connectivity index (χ1n) is 7.75. The fraction of sp³-hybridized carbons (Fsp3) is 0.111. The number of nitrogens with two attached hydrogens (primary N) is 1. The van der Waals surface area contributed by atoms with Crippen molar-refractivity contribution in [1.29, 1.82) is 0 Å². The van der Waals surface area contributed by atoms with Gasteiger partial charge in [0.2, 0.25) is 0 Å². The number of nitrogens with one attached hydrogen (secondary N) is 1. The number of anilines is 2. The van der Waals surface area contributed by atoms with Crippen LogP contribution in [0, 0.1) is 13.8 Å². The first-order valence-corrected chi connectivity index (χ1v) is 9.61. The predicted octanol–water partition coefficient (Wildman–Crippen LogP) is 3.80. The van der Waals surface area contributed by atoms with E-state index in [1.54, 1.807) is 6.07 Å². The van der Waals surface area contributed by atoms with E-state index in [2.05, 4.69) is 14.7 Å². The monoisotopic (exact) mass is 388 g/mol. The highest BCUT2D eigenvalue weighted by atomic mass is 35.5. The fourth-order valence-corrected chi connectivity index (χ4v) is 3.88. The van der Waals surface area contributed by atoms with Gasteiger partial charge in [-0.15, -0.1) is 0 Å². The van der Waals surface area contributed by atoms with Crippen LogP contribution >= 0.6 is 11.6 Å². The second-order valence-electron chi connectivity index (χ2n) is 5.82. The molecule has 3 rings (SSSR count). The van der Waals surface area contributed by atoms with Gasteiger partial charge >= 0.3 is 0 Å². The zero-order chi connectivity index (χ0) is 18.9. The van der Waals surface area contributed by atoms with E-state index in [9.17, 15) is 8.42 Å². The standard InChI is InChI=1S/C18H17ClN4O2S/c1-11-4-3-5-12(2)17(11)18-14(19)6-7-16(22-18)23-26(24,25)13-8-9-21-15(20)10-13/h3-10H,1-2H3,(H2,20,21)(H,22,23). The van der Waals surface area contributed by atoms with Crippen molar-refractivity contribution in [3.8, 4) is 11.3 Å². The first kappa shape index (κ1) is 18.2. The van der Waals surface area contributed by atoms with Crippen molar-refractivity contribution in [3.63, 3.8) is 0 Å².